The van der Waals surface area contributed by atoms with Gasteiger partial charge in [-0.05, 0) is 33.6 Å². The molecule has 106 valence electrons. The first-order valence-electron chi connectivity index (χ1n) is 6.18. The molecule has 1 saturated carbocycles. The summed E-state index contributed by atoms with van der Waals surface area (Å²) in [7, 11) is -3.47. The number of hydrogen-bond acceptors (Lipinski definition) is 4. The van der Waals surface area contributed by atoms with E-state index < -0.39 is 14.8 Å². The average Bonchev–Trinajstić information content (AvgIpc) is 2.76. The second kappa shape index (κ2) is 5.44. The lowest BCUT2D eigenvalue weighted by molar-refractivity contribution is 0.306. The van der Waals surface area contributed by atoms with Crippen molar-refractivity contribution >= 4 is 15.9 Å². The molecule has 6 nitrogen and oxygen atoms in total. The number of oxime groups is 1. The molecule has 0 heterocycles. The van der Waals surface area contributed by atoms with E-state index in [-0.39, 0.29) is 18.4 Å². The van der Waals surface area contributed by atoms with Crippen molar-refractivity contribution in [3.8, 4) is 0 Å². The predicted octanol–water partition coefficient (Wildman–Crippen LogP) is 1.11. The van der Waals surface area contributed by atoms with Crippen LogP contribution in [0.2, 0.25) is 0 Å². The summed E-state index contributed by atoms with van der Waals surface area (Å²) in [6.07, 6.45) is 3.73. The molecule has 0 aliphatic heterocycles. The highest BCUT2D eigenvalue weighted by Crippen LogP contribution is 2.30. The van der Waals surface area contributed by atoms with Crippen molar-refractivity contribution in [2.24, 2.45) is 10.9 Å². The highest BCUT2D eigenvalue weighted by atomic mass is 32.2. The topological polar surface area (TPSA) is 96.0 Å². The zero-order valence-corrected chi connectivity index (χ0v) is 12.1. The number of hydrogen-bond donors (Lipinski definition) is 2. The standard InChI is InChI=1S/C11H23N3O3S/c1-11(2,3)18(16,17)14(8-10(12)13-15)9-6-4-5-7-9/h9,15H,4-8H2,1-3H3,(H2,12,13). The summed E-state index contributed by atoms with van der Waals surface area (Å²) >= 11 is 0. The van der Waals surface area contributed by atoms with Gasteiger partial charge in [-0.25, -0.2) is 8.42 Å². The Hall–Kier alpha value is -0.820. The van der Waals surface area contributed by atoms with Crippen LogP contribution in [-0.2, 0) is 10.0 Å². The first-order chi connectivity index (χ1) is 8.20. The highest BCUT2D eigenvalue weighted by Gasteiger charge is 2.40. The Morgan fingerprint density at radius 2 is 1.89 bits per heavy atom. The summed E-state index contributed by atoms with van der Waals surface area (Å²) < 4.78 is 25.6. The van der Waals surface area contributed by atoms with Crippen molar-refractivity contribution in [1.82, 2.24) is 4.31 Å². The fraction of sp³-hybridized carbons (Fsp3) is 0.909. The number of rotatable bonds is 4. The van der Waals surface area contributed by atoms with Crippen LogP contribution in [0.25, 0.3) is 0 Å². The number of nitrogens with zero attached hydrogens (tertiary/aromatic N) is 2. The SMILES string of the molecule is CC(C)(C)S(=O)(=O)N(CC(N)=NO)C1CCCC1. The Bertz CT molecular complexity index is 406. The number of sulfonamides is 1. The van der Waals surface area contributed by atoms with Crippen molar-refractivity contribution in [2.45, 2.75) is 57.2 Å². The summed E-state index contributed by atoms with van der Waals surface area (Å²) in [5.74, 6) is -0.0743. The Morgan fingerprint density at radius 1 is 1.39 bits per heavy atom. The first-order valence-corrected chi connectivity index (χ1v) is 7.62. The first kappa shape index (κ1) is 15.2. The van der Waals surface area contributed by atoms with Crippen LogP contribution in [0.5, 0.6) is 0 Å². The van der Waals surface area contributed by atoms with Gasteiger partial charge in [0.1, 0.15) is 0 Å². The zero-order valence-electron chi connectivity index (χ0n) is 11.3. The van der Waals surface area contributed by atoms with Gasteiger partial charge in [0.2, 0.25) is 10.0 Å². The van der Waals surface area contributed by atoms with Gasteiger partial charge in [-0.1, -0.05) is 18.0 Å². The third-order valence-electron chi connectivity index (χ3n) is 3.26. The van der Waals surface area contributed by atoms with Gasteiger partial charge in [0.15, 0.2) is 5.84 Å². The molecule has 3 N–H and O–H groups in total. The Balaban J connectivity index is 3.04. The largest absolute Gasteiger partial charge is 0.409 e. The summed E-state index contributed by atoms with van der Waals surface area (Å²) in [6.45, 7) is 4.95. The van der Waals surface area contributed by atoms with Gasteiger partial charge in [-0.3, -0.25) is 0 Å². The Labute approximate surface area is 109 Å². The number of amidine groups is 1. The smallest absolute Gasteiger partial charge is 0.219 e. The number of nitrogens with two attached hydrogens (primary N) is 1. The van der Waals surface area contributed by atoms with Gasteiger partial charge < -0.3 is 10.9 Å². The fourth-order valence-corrected chi connectivity index (χ4v) is 3.75. The summed E-state index contributed by atoms with van der Waals surface area (Å²) in [5, 5.41) is 11.5. The molecular weight excluding hydrogens is 254 g/mol. The molecule has 0 aromatic carbocycles. The summed E-state index contributed by atoms with van der Waals surface area (Å²) in [6, 6.07) is -0.0328. The lowest BCUT2D eigenvalue weighted by atomic mass is 10.2. The highest BCUT2D eigenvalue weighted by molar-refractivity contribution is 7.90. The molecule has 0 saturated heterocycles. The van der Waals surface area contributed by atoms with Gasteiger partial charge >= 0.3 is 0 Å². The molecule has 7 heteroatoms. The van der Waals surface area contributed by atoms with Crippen LogP contribution in [0, 0.1) is 0 Å². The summed E-state index contributed by atoms with van der Waals surface area (Å²) in [4.78, 5) is 0. The second-order valence-corrected chi connectivity index (χ2v) is 8.34. The third kappa shape index (κ3) is 3.14. The normalized spacial score (nSPS) is 19.7. The molecule has 0 radical (unpaired) electrons. The molecule has 0 amide bonds. The zero-order chi connectivity index (χ0) is 14.0. The average molecular weight is 277 g/mol. The van der Waals surface area contributed by atoms with E-state index in [9.17, 15) is 8.42 Å². The fourth-order valence-electron chi connectivity index (χ4n) is 2.15. The molecular formula is C11H23N3O3S. The van der Waals surface area contributed by atoms with Crippen LogP contribution in [-0.4, -0.2) is 41.1 Å². The molecule has 1 rings (SSSR count). The maximum absolute atomic E-state index is 12.5. The minimum Gasteiger partial charge on any atom is -0.409 e. The molecule has 0 spiro atoms. The van der Waals surface area contributed by atoms with Crippen LogP contribution >= 0.6 is 0 Å². The van der Waals surface area contributed by atoms with E-state index in [1.165, 1.54) is 4.31 Å². The van der Waals surface area contributed by atoms with Crippen molar-refractivity contribution in [3.63, 3.8) is 0 Å². The van der Waals surface area contributed by atoms with Gasteiger partial charge in [-0.2, -0.15) is 4.31 Å². The lowest BCUT2D eigenvalue weighted by Gasteiger charge is -2.33. The third-order valence-corrected chi connectivity index (χ3v) is 5.85. The predicted molar refractivity (Wildman–Crippen MR) is 71.0 cm³/mol. The minimum atomic E-state index is -3.47. The van der Waals surface area contributed by atoms with E-state index in [1.54, 1.807) is 20.8 Å². The quantitative estimate of drug-likeness (QED) is 0.348. The second-order valence-electron chi connectivity index (χ2n) is 5.69. The van der Waals surface area contributed by atoms with Crippen molar-refractivity contribution in [1.29, 1.82) is 0 Å². The van der Waals surface area contributed by atoms with E-state index in [1.807, 2.05) is 0 Å². The monoisotopic (exact) mass is 277 g/mol. The maximum atomic E-state index is 12.5. The molecule has 0 aromatic rings. The maximum Gasteiger partial charge on any atom is 0.219 e. The Kier molecular flexibility index (Phi) is 4.61. The van der Waals surface area contributed by atoms with Crippen LogP contribution in [0.1, 0.15) is 46.5 Å². The van der Waals surface area contributed by atoms with Gasteiger partial charge in [0.05, 0.1) is 11.3 Å². The molecule has 0 aromatic heterocycles. The molecule has 0 atom stereocenters. The molecule has 1 aliphatic carbocycles. The van der Waals surface area contributed by atoms with Crippen molar-refractivity contribution in [3.05, 3.63) is 0 Å². The van der Waals surface area contributed by atoms with Crippen LogP contribution in [0.3, 0.4) is 0 Å². The van der Waals surface area contributed by atoms with Crippen molar-refractivity contribution < 1.29 is 13.6 Å². The van der Waals surface area contributed by atoms with Gasteiger partial charge in [0, 0.05) is 6.04 Å². The lowest BCUT2D eigenvalue weighted by Crippen LogP contribution is -2.50. The van der Waals surface area contributed by atoms with E-state index in [0.717, 1.165) is 25.7 Å². The molecule has 18 heavy (non-hydrogen) atoms. The van der Waals surface area contributed by atoms with E-state index in [2.05, 4.69) is 5.16 Å². The molecule has 1 fully saturated rings. The van der Waals surface area contributed by atoms with Crippen molar-refractivity contribution in [2.75, 3.05) is 6.54 Å². The molecule has 0 bridgehead atoms. The summed E-state index contributed by atoms with van der Waals surface area (Å²) in [5.41, 5.74) is 5.48. The van der Waals surface area contributed by atoms with Gasteiger partial charge in [0.25, 0.3) is 0 Å². The molecule has 1 aliphatic rings. The Morgan fingerprint density at radius 3 is 2.28 bits per heavy atom. The van der Waals surface area contributed by atoms with E-state index in [4.69, 9.17) is 10.9 Å². The van der Waals surface area contributed by atoms with Gasteiger partial charge in [-0.15, -0.1) is 0 Å². The van der Waals surface area contributed by atoms with Crippen LogP contribution in [0.15, 0.2) is 5.16 Å². The minimum absolute atomic E-state index is 0.0328. The molecule has 0 unspecified atom stereocenters. The van der Waals surface area contributed by atoms with E-state index in [0.29, 0.717) is 0 Å². The van der Waals surface area contributed by atoms with Crippen LogP contribution < -0.4 is 5.73 Å². The van der Waals surface area contributed by atoms with Crippen LogP contribution in [0.4, 0.5) is 0 Å². The van der Waals surface area contributed by atoms with E-state index >= 15 is 0 Å².